The fourth-order valence-electron chi connectivity index (χ4n) is 2.67. The summed E-state index contributed by atoms with van der Waals surface area (Å²) in [5.41, 5.74) is 0.597. The lowest BCUT2D eigenvalue weighted by Crippen LogP contribution is -2.17. The van der Waals surface area contributed by atoms with Crippen molar-refractivity contribution >= 4 is 28.5 Å². The van der Waals surface area contributed by atoms with Crippen molar-refractivity contribution in [2.75, 3.05) is 7.11 Å². The standard InChI is InChI=1S/C18H14ClNO5/c1-25-16(23)9-20-8-13(10-3-2-4-11(19)5-10)18(24)17-14(20)6-12(21)7-15(17)22/h2-8,21-22H,9H2,1H3. The molecule has 0 radical (unpaired) electrons. The molecule has 1 aromatic heterocycles. The number of methoxy groups -OCH3 is 1. The maximum absolute atomic E-state index is 12.9. The highest BCUT2D eigenvalue weighted by Gasteiger charge is 2.17. The number of halogens is 1. The highest BCUT2D eigenvalue weighted by atomic mass is 35.5. The molecule has 3 rings (SSSR count). The Hall–Kier alpha value is -2.99. The van der Waals surface area contributed by atoms with E-state index in [4.69, 9.17) is 11.6 Å². The molecule has 0 saturated carbocycles. The molecule has 2 aromatic carbocycles. The van der Waals surface area contributed by atoms with E-state index in [2.05, 4.69) is 4.74 Å². The Labute approximate surface area is 147 Å². The molecular weight excluding hydrogens is 346 g/mol. The summed E-state index contributed by atoms with van der Waals surface area (Å²) in [6.45, 7) is -0.191. The number of aromatic hydroxyl groups is 2. The Bertz CT molecular complexity index is 1040. The minimum atomic E-state index is -0.537. The lowest BCUT2D eigenvalue weighted by Gasteiger charge is -2.14. The molecule has 6 nitrogen and oxygen atoms in total. The molecule has 25 heavy (non-hydrogen) atoms. The molecule has 2 N–H and O–H groups in total. The van der Waals surface area contributed by atoms with Crippen LogP contribution in [0.5, 0.6) is 11.5 Å². The summed E-state index contributed by atoms with van der Waals surface area (Å²) >= 11 is 6.00. The zero-order valence-electron chi connectivity index (χ0n) is 13.2. The third-order valence-electron chi connectivity index (χ3n) is 3.81. The number of hydrogen-bond donors (Lipinski definition) is 2. The molecule has 7 heteroatoms. The van der Waals surface area contributed by atoms with E-state index in [9.17, 15) is 19.8 Å². The van der Waals surface area contributed by atoms with Crippen LogP contribution in [0.1, 0.15) is 0 Å². The smallest absolute Gasteiger partial charge is 0.325 e. The molecule has 0 aliphatic heterocycles. The van der Waals surface area contributed by atoms with E-state index >= 15 is 0 Å². The summed E-state index contributed by atoms with van der Waals surface area (Å²) < 4.78 is 6.12. The quantitative estimate of drug-likeness (QED) is 0.702. The van der Waals surface area contributed by atoms with E-state index in [0.717, 1.165) is 6.07 Å². The van der Waals surface area contributed by atoms with Gasteiger partial charge in [0, 0.05) is 28.9 Å². The lowest BCUT2D eigenvalue weighted by molar-refractivity contribution is -0.141. The van der Waals surface area contributed by atoms with Gasteiger partial charge in [0.2, 0.25) is 5.43 Å². The predicted octanol–water partition coefficient (Wildman–Crippen LogP) is 2.91. The number of phenols is 2. The van der Waals surface area contributed by atoms with Crippen LogP contribution < -0.4 is 5.43 Å². The maximum Gasteiger partial charge on any atom is 0.325 e. The Morgan fingerprint density at radius 3 is 2.68 bits per heavy atom. The SMILES string of the molecule is COC(=O)Cn1cc(-c2cccc(Cl)c2)c(=O)c2c(O)cc(O)cc21. The summed E-state index contributed by atoms with van der Waals surface area (Å²) in [4.78, 5) is 24.6. The second kappa shape index (κ2) is 6.49. The summed E-state index contributed by atoms with van der Waals surface area (Å²) in [7, 11) is 1.25. The van der Waals surface area contributed by atoms with Gasteiger partial charge in [0.25, 0.3) is 0 Å². The number of rotatable bonds is 3. The highest BCUT2D eigenvalue weighted by molar-refractivity contribution is 6.30. The van der Waals surface area contributed by atoms with Crippen LogP contribution >= 0.6 is 11.6 Å². The molecule has 1 heterocycles. The van der Waals surface area contributed by atoms with E-state index < -0.39 is 11.4 Å². The van der Waals surface area contributed by atoms with Crippen LogP contribution in [0.25, 0.3) is 22.0 Å². The third-order valence-corrected chi connectivity index (χ3v) is 4.05. The molecule has 0 aliphatic rings. The van der Waals surface area contributed by atoms with E-state index in [0.29, 0.717) is 10.6 Å². The van der Waals surface area contributed by atoms with Crippen LogP contribution in [-0.2, 0) is 16.1 Å². The fraction of sp³-hybridized carbons (Fsp3) is 0.111. The molecule has 0 unspecified atom stereocenters. The number of carbonyl (C=O) groups excluding carboxylic acids is 1. The molecule has 128 valence electrons. The molecule has 0 fully saturated rings. The molecule has 0 atom stereocenters. The first-order valence-electron chi connectivity index (χ1n) is 7.32. The van der Waals surface area contributed by atoms with Crippen LogP contribution in [-0.4, -0.2) is 27.9 Å². The molecule has 0 bridgehead atoms. The first kappa shape index (κ1) is 16.9. The van der Waals surface area contributed by atoms with E-state index in [1.807, 2.05) is 0 Å². The van der Waals surface area contributed by atoms with Crippen molar-refractivity contribution in [2.45, 2.75) is 6.54 Å². The van der Waals surface area contributed by atoms with Gasteiger partial charge in [-0.2, -0.15) is 0 Å². The number of esters is 1. The van der Waals surface area contributed by atoms with Gasteiger partial charge in [-0.15, -0.1) is 0 Å². The average molecular weight is 360 g/mol. The first-order valence-corrected chi connectivity index (χ1v) is 7.70. The Morgan fingerprint density at radius 2 is 2.00 bits per heavy atom. The number of hydrogen-bond acceptors (Lipinski definition) is 5. The number of phenolic OH excluding ortho intramolecular Hbond substituents is 2. The minimum Gasteiger partial charge on any atom is -0.508 e. The number of ether oxygens (including phenoxy) is 1. The monoisotopic (exact) mass is 359 g/mol. The molecule has 0 aliphatic carbocycles. The van der Waals surface area contributed by atoms with E-state index in [1.54, 1.807) is 24.3 Å². The van der Waals surface area contributed by atoms with Gasteiger partial charge in [-0.1, -0.05) is 23.7 Å². The number of fused-ring (bicyclic) bond motifs is 1. The fourth-order valence-corrected chi connectivity index (χ4v) is 2.86. The second-order valence-corrected chi connectivity index (χ2v) is 5.88. The second-order valence-electron chi connectivity index (χ2n) is 5.45. The third kappa shape index (κ3) is 3.16. The number of pyridine rings is 1. The summed E-state index contributed by atoms with van der Waals surface area (Å²) in [5.74, 6) is -1.13. The number of nitrogens with zero attached hydrogens (tertiary/aromatic N) is 1. The summed E-state index contributed by atoms with van der Waals surface area (Å²) in [5, 5.41) is 20.3. The zero-order chi connectivity index (χ0) is 18.1. The normalized spacial score (nSPS) is 10.8. The van der Waals surface area contributed by atoms with Crippen molar-refractivity contribution < 1.29 is 19.7 Å². The Morgan fingerprint density at radius 1 is 1.24 bits per heavy atom. The van der Waals surface area contributed by atoms with Crippen molar-refractivity contribution in [2.24, 2.45) is 0 Å². The number of aromatic nitrogens is 1. The molecule has 0 spiro atoms. The molecule has 0 saturated heterocycles. The Balaban J connectivity index is 2.38. The van der Waals surface area contributed by atoms with Gasteiger partial charge in [-0.3, -0.25) is 9.59 Å². The lowest BCUT2D eigenvalue weighted by atomic mass is 10.0. The molecular formula is C18H14ClNO5. The first-order chi connectivity index (χ1) is 11.9. The maximum atomic E-state index is 12.9. The minimum absolute atomic E-state index is 0.000761. The van der Waals surface area contributed by atoms with Crippen LogP contribution in [0.4, 0.5) is 0 Å². The van der Waals surface area contributed by atoms with Gasteiger partial charge in [-0.25, -0.2) is 0 Å². The van der Waals surface area contributed by atoms with Gasteiger partial charge in [0.1, 0.15) is 18.0 Å². The van der Waals surface area contributed by atoms with Crippen LogP contribution in [0.2, 0.25) is 5.02 Å². The van der Waals surface area contributed by atoms with Crippen LogP contribution in [0.15, 0.2) is 47.4 Å². The van der Waals surface area contributed by atoms with Crippen LogP contribution in [0, 0.1) is 0 Å². The topological polar surface area (TPSA) is 88.8 Å². The van der Waals surface area contributed by atoms with Crippen molar-refractivity contribution in [1.82, 2.24) is 4.57 Å². The van der Waals surface area contributed by atoms with Crippen molar-refractivity contribution in [1.29, 1.82) is 0 Å². The number of carbonyl (C=O) groups is 1. The van der Waals surface area contributed by atoms with Gasteiger partial charge >= 0.3 is 5.97 Å². The van der Waals surface area contributed by atoms with Crippen molar-refractivity contribution in [3.63, 3.8) is 0 Å². The highest BCUT2D eigenvalue weighted by Crippen LogP contribution is 2.30. The Kier molecular flexibility index (Phi) is 4.37. The van der Waals surface area contributed by atoms with E-state index in [-0.39, 0.29) is 34.5 Å². The van der Waals surface area contributed by atoms with Gasteiger partial charge < -0.3 is 19.5 Å². The zero-order valence-corrected chi connectivity index (χ0v) is 13.9. The average Bonchev–Trinajstić information content (AvgIpc) is 2.56. The summed E-state index contributed by atoms with van der Waals surface area (Å²) in [6, 6.07) is 9.07. The predicted molar refractivity (Wildman–Crippen MR) is 94.0 cm³/mol. The molecule has 3 aromatic rings. The summed E-state index contributed by atoms with van der Waals surface area (Å²) in [6.07, 6.45) is 1.48. The van der Waals surface area contributed by atoms with Gasteiger partial charge in [-0.05, 0) is 17.7 Å². The largest absolute Gasteiger partial charge is 0.508 e. The van der Waals surface area contributed by atoms with Gasteiger partial charge in [0.05, 0.1) is 18.0 Å². The van der Waals surface area contributed by atoms with Gasteiger partial charge in [0.15, 0.2) is 0 Å². The van der Waals surface area contributed by atoms with Crippen molar-refractivity contribution in [3.05, 3.63) is 57.8 Å². The van der Waals surface area contributed by atoms with E-state index in [1.165, 1.54) is 23.9 Å². The molecule has 0 amide bonds. The van der Waals surface area contributed by atoms with Crippen LogP contribution in [0.3, 0.4) is 0 Å². The van der Waals surface area contributed by atoms with Crippen molar-refractivity contribution in [3.8, 4) is 22.6 Å². The number of benzene rings is 2.